The highest BCUT2D eigenvalue weighted by Gasteiger charge is 2.33. The topological polar surface area (TPSA) is 58.5 Å². The van der Waals surface area contributed by atoms with Gasteiger partial charge in [0.2, 0.25) is 0 Å². The number of guanidine groups is 1. The fourth-order valence-corrected chi connectivity index (χ4v) is 3.32. The van der Waals surface area contributed by atoms with E-state index in [2.05, 4.69) is 20.6 Å². The van der Waals surface area contributed by atoms with Crippen LogP contribution in [0, 0.1) is 6.92 Å². The maximum absolute atomic E-state index is 12.6. The Bertz CT molecular complexity index is 795. The number of rotatable bonds is 6. The summed E-state index contributed by atoms with van der Waals surface area (Å²) in [5.74, 6) is 1.33. The van der Waals surface area contributed by atoms with Crippen LogP contribution in [0.2, 0.25) is 0 Å². The lowest BCUT2D eigenvalue weighted by atomic mass is 10.0. The minimum absolute atomic E-state index is 0. The Morgan fingerprint density at radius 2 is 2.07 bits per heavy atom. The summed E-state index contributed by atoms with van der Waals surface area (Å²) < 4.78 is 43.2. The van der Waals surface area contributed by atoms with Crippen LogP contribution in [0.4, 0.5) is 13.2 Å². The van der Waals surface area contributed by atoms with Crippen molar-refractivity contribution < 1.29 is 17.9 Å². The Balaban J connectivity index is 0.00000392. The maximum atomic E-state index is 12.6. The van der Waals surface area contributed by atoms with Gasteiger partial charge in [-0.2, -0.15) is 13.2 Å². The van der Waals surface area contributed by atoms with Crippen molar-refractivity contribution in [3.8, 4) is 5.75 Å². The molecule has 0 bridgehead atoms. The van der Waals surface area contributed by atoms with E-state index in [1.807, 2.05) is 32.0 Å². The number of methoxy groups -OCH3 is 1. The summed E-state index contributed by atoms with van der Waals surface area (Å²) in [5, 5.41) is 7.83. The molecule has 0 aliphatic rings. The molecule has 5 nitrogen and oxygen atoms in total. The third-order valence-corrected chi connectivity index (χ3v) is 4.81. The number of hydrogen-bond donors (Lipinski definition) is 2. The first kappa shape index (κ1) is 24.5. The lowest BCUT2D eigenvalue weighted by Gasteiger charge is -2.20. The lowest BCUT2D eigenvalue weighted by molar-refractivity contribution is -0.140. The van der Waals surface area contributed by atoms with E-state index < -0.39 is 11.9 Å². The minimum Gasteiger partial charge on any atom is -0.496 e. The normalized spacial score (nSPS) is 12.9. The molecule has 28 heavy (non-hydrogen) atoms. The summed E-state index contributed by atoms with van der Waals surface area (Å²) in [6.45, 7) is 4.41. The van der Waals surface area contributed by atoms with Gasteiger partial charge >= 0.3 is 6.18 Å². The van der Waals surface area contributed by atoms with Crippen LogP contribution in [-0.2, 0) is 12.6 Å². The molecule has 1 heterocycles. The molecule has 0 aliphatic carbocycles. The van der Waals surface area contributed by atoms with Crippen molar-refractivity contribution >= 4 is 41.3 Å². The number of ether oxygens (including phenoxy) is 1. The molecule has 0 spiro atoms. The molecular formula is C18H24F3IN4OS. The van der Waals surface area contributed by atoms with Gasteiger partial charge in [-0.05, 0) is 19.9 Å². The minimum atomic E-state index is -4.40. The van der Waals surface area contributed by atoms with E-state index in [1.165, 1.54) is 0 Å². The molecule has 10 heteroatoms. The third-order valence-electron chi connectivity index (χ3n) is 3.90. The van der Waals surface area contributed by atoms with Gasteiger partial charge in [0.05, 0.1) is 18.2 Å². The van der Waals surface area contributed by atoms with Crippen LogP contribution < -0.4 is 15.4 Å². The van der Waals surface area contributed by atoms with Crippen LogP contribution in [0.5, 0.6) is 5.75 Å². The van der Waals surface area contributed by atoms with Crippen LogP contribution >= 0.6 is 35.3 Å². The largest absolute Gasteiger partial charge is 0.496 e. The van der Waals surface area contributed by atoms with Crippen LogP contribution in [0.1, 0.15) is 34.8 Å². The van der Waals surface area contributed by atoms with E-state index >= 15 is 0 Å². The molecule has 1 atom stereocenters. The third kappa shape index (κ3) is 6.80. The van der Waals surface area contributed by atoms with Gasteiger partial charge in [0.15, 0.2) is 11.7 Å². The number of aromatic nitrogens is 1. The molecule has 0 saturated carbocycles. The number of hydrogen-bond acceptors (Lipinski definition) is 4. The van der Waals surface area contributed by atoms with Gasteiger partial charge in [0, 0.05) is 31.0 Å². The van der Waals surface area contributed by atoms with Gasteiger partial charge in [-0.15, -0.1) is 35.3 Å². The average molecular weight is 528 g/mol. The van der Waals surface area contributed by atoms with E-state index in [9.17, 15) is 13.2 Å². The molecule has 2 aromatic rings. The highest BCUT2D eigenvalue weighted by atomic mass is 127. The fraction of sp³-hybridized carbons (Fsp3) is 0.444. The first-order valence-corrected chi connectivity index (χ1v) is 9.26. The summed E-state index contributed by atoms with van der Waals surface area (Å²) in [5.41, 5.74) is 1.27. The van der Waals surface area contributed by atoms with Crippen molar-refractivity contribution in [1.82, 2.24) is 15.6 Å². The fourth-order valence-electron chi connectivity index (χ4n) is 2.51. The van der Waals surface area contributed by atoms with Gasteiger partial charge in [-0.25, -0.2) is 4.98 Å². The molecule has 0 aliphatic heterocycles. The molecule has 2 rings (SSSR count). The first-order chi connectivity index (χ1) is 12.7. The van der Waals surface area contributed by atoms with Crippen molar-refractivity contribution in [2.45, 2.75) is 32.5 Å². The zero-order chi connectivity index (χ0) is 20.0. The predicted octanol–water partition coefficient (Wildman–Crippen LogP) is 4.57. The summed E-state index contributed by atoms with van der Waals surface area (Å²) in [6.07, 6.45) is -4.02. The monoisotopic (exact) mass is 528 g/mol. The number of thiazole rings is 1. The summed E-state index contributed by atoms with van der Waals surface area (Å²) in [4.78, 5) is 7.79. The number of benzene rings is 1. The van der Waals surface area contributed by atoms with Crippen LogP contribution in [0.15, 0.2) is 28.6 Å². The molecule has 0 amide bonds. The molecule has 2 N–H and O–H groups in total. The second kappa shape index (κ2) is 10.8. The molecule has 1 aromatic heterocycles. The van der Waals surface area contributed by atoms with E-state index in [-0.39, 0.29) is 30.0 Å². The van der Waals surface area contributed by atoms with Crippen molar-refractivity contribution in [1.29, 1.82) is 0 Å². The number of aliphatic imine (C=N–C) groups is 1. The number of nitrogens with zero attached hydrogens (tertiary/aromatic N) is 2. The number of alkyl halides is 3. The average Bonchev–Trinajstić information content (AvgIpc) is 3.10. The van der Waals surface area contributed by atoms with Crippen molar-refractivity contribution in [2.24, 2.45) is 4.99 Å². The highest BCUT2D eigenvalue weighted by Crippen LogP contribution is 2.30. The summed E-state index contributed by atoms with van der Waals surface area (Å²) in [7, 11) is 3.26. The quantitative estimate of drug-likeness (QED) is 0.328. The molecular weight excluding hydrogens is 504 g/mol. The van der Waals surface area contributed by atoms with E-state index in [1.54, 1.807) is 14.2 Å². The van der Waals surface area contributed by atoms with E-state index in [0.29, 0.717) is 23.9 Å². The summed E-state index contributed by atoms with van der Waals surface area (Å²) in [6, 6.07) is 5.87. The molecule has 0 saturated heterocycles. The Morgan fingerprint density at radius 3 is 2.64 bits per heavy atom. The second-order valence-electron chi connectivity index (χ2n) is 5.98. The zero-order valence-corrected chi connectivity index (χ0v) is 19.2. The number of nitrogens with one attached hydrogen (secondary N) is 2. The standard InChI is InChI=1S/C18H23F3N4OS.HI/c1-11-5-6-14(26-4)13(9-11)12(2)24-17(22-3)23-8-7-16-25-15(10-27-16)18(19,20)21;/h5-6,9-10,12H,7-8H2,1-4H3,(H2,22,23,24);1H. The van der Waals surface area contributed by atoms with Crippen molar-refractivity contribution in [2.75, 3.05) is 20.7 Å². The van der Waals surface area contributed by atoms with Crippen molar-refractivity contribution in [3.05, 3.63) is 45.4 Å². The second-order valence-corrected chi connectivity index (χ2v) is 6.93. The molecule has 0 radical (unpaired) electrons. The molecule has 1 aromatic carbocycles. The molecule has 1 unspecified atom stereocenters. The lowest BCUT2D eigenvalue weighted by Crippen LogP contribution is -2.39. The highest BCUT2D eigenvalue weighted by molar-refractivity contribution is 14.0. The Morgan fingerprint density at radius 1 is 1.36 bits per heavy atom. The molecule has 156 valence electrons. The van der Waals surface area contributed by atoms with Gasteiger partial charge in [-0.1, -0.05) is 17.7 Å². The SMILES string of the molecule is CN=C(NCCc1nc(C(F)(F)F)cs1)NC(C)c1cc(C)ccc1OC.I. The predicted molar refractivity (Wildman–Crippen MR) is 117 cm³/mol. The van der Waals surface area contributed by atoms with Gasteiger partial charge in [0.25, 0.3) is 0 Å². The molecule has 0 fully saturated rings. The zero-order valence-electron chi connectivity index (χ0n) is 16.1. The Labute approximate surface area is 183 Å². The van der Waals surface area contributed by atoms with Gasteiger partial charge in [-0.3, -0.25) is 4.99 Å². The van der Waals surface area contributed by atoms with E-state index in [0.717, 1.165) is 33.6 Å². The van der Waals surface area contributed by atoms with E-state index in [4.69, 9.17) is 4.74 Å². The van der Waals surface area contributed by atoms with Crippen LogP contribution in [0.25, 0.3) is 0 Å². The Hall–Kier alpha value is -1.56. The number of halogens is 4. The van der Waals surface area contributed by atoms with Gasteiger partial charge in [0.1, 0.15) is 5.75 Å². The Kier molecular flexibility index (Phi) is 9.48. The van der Waals surface area contributed by atoms with Gasteiger partial charge < -0.3 is 15.4 Å². The number of aryl methyl sites for hydroxylation is 1. The maximum Gasteiger partial charge on any atom is 0.434 e. The smallest absolute Gasteiger partial charge is 0.434 e. The van der Waals surface area contributed by atoms with Crippen molar-refractivity contribution in [3.63, 3.8) is 0 Å². The first-order valence-electron chi connectivity index (χ1n) is 8.38. The summed E-state index contributed by atoms with van der Waals surface area (Å²) >= 11 is 1.01. The van der Waals surface area contributed by atoms with Crippen LogP contribution in [0.3, 0.4) is 0 Å². The van der Waals surface area contributed by atoms with Crippen LogP contribution in [-0.4, -0.2) is 31.6 Å².